The van der Waals surface area contributed by atoms with Crippen molar-refractivity contribution < 1.29 is 13.2 Å². The monoisotopic (exact) mass is 368 g/mol. The number of hydrogen-bond acceptors (Lipinski definition) is 5. The molecule has 0 radical (unpaired) electrons. The van der Waals surface area contributed by atoms with Crippen LogP contribution in [0.15, 0.2) is 17.6 Å². The number of aromatic nitrogens is 2. The van der Waals surface area contributed by atoms with Crippen LogP contribution in [0.5, 0.6) is 0 Å². The number of hydrogen-bond donors (Lipinski definition) is 0. The molecule has 1 saturated carbocycles. The molecule has 0 N–H and O–H groups in total. The summed E-state index contributed by atoms with van der Waals surface area (Å²) in [6.45, 7) is 3.84. The number of aryl methyl sites for hydroxylation is 1. The predicted octanol–water partition coefficient (Wildman–Crippen LogP) is 0.932. The summed E-state index contributed by atoms with van der Waals surface area (Å²) in [5.41, 5.74) is -0.0340. The van der Waals surface area contributed by atoms with Crippen LogP contribution in [-0.4, -0.2) is 72.6 Å². The van der Waals surface area contributed by atoms with Gasteiger partial charge in [-0.25, -0.2) is 13.4 Å². The molecule has 2 saturated heterocycles. The molecule has 0 unspecified atom stereocenters. The first kappa shape index (κ1) is 17.5. The van der Waals surface area contributed by atoms with Crippen LogP contribution in [0.2, 0.25) is 0 Å². The van der Waals surface area contributed by atoms with Gasteiger partial charge >= 0.3 is 0 Å². The highest BCUT2D eigenvalue weighted by Crippen LogP contribution is 2.40. The molecular formula is C17H28N4O3S. The molecule has 7 nitrogen and oxygen atoms in total. The summed E-state index contributed by atoms with van der Waals surface area (Å²) in [6.07, 6.45) is 7.88. The quantitative estimate of drug-likeness (QED) is 0.747. The molecule has 3 aliphatic rings. The molecule has 0 amide bonds. The Bertz CT molecular complexity index is 722. The Morgan fingerprint density at radius 3 is 2.56 bits per heavy atom. The fraction of sp³-hybridized carbons (Fsp3) is 0.824. The van der Waals surface area contributed by atoms with Gasteiger partial charge in [0.25, 0.3) is 10.0 Å². The molecule has 1 aliphatic carbocycles. The highest BCUT2D eigenvalue weighted by atomic mass is 32.2. The van der Waals surface area contributed by atoms with Gasteiger partial charge in [0.15, 0.2) is 5.03 Å². The van der Waals surface area contributed by atoms with Gasteiger partial charge < -0.3 is 9.30 Å². The van der Waals surface area contributed by atoms with E-state index in [1.165, 1.54) is 19.2 Å². The fourth-order valence-electron chi connectivity index (χ4n) is 4.04. The van der Waals surface area contributed by atoms with Crippen molar-refractivity contribution in [2.24, 2.45) is 18.9 Å². The maximum absolute atomic E-state index is 12.7. The van der Waals surface area contributed by atoms with Crippen molar-refractivity contribution >= 4 is 10.0 Å². The van der Waals surface area contributed by atoms with Crippen molar-refractivity contribution in [2.75, 3.05) is 39.9 Å². The van der Waals surface area contributed by atoms with Gasteiger partial charge in [0.1, 0.15) is 0 Å². The Labute approximate surface area is 150 Å². The molecule has 1 atom stereocenters. The Morgan fingerprint density at radius 1 is 1.20 bits per heavy atom. The maximum Gasteiger partial charge on any atom is 0.262 e. The second-order valence-corrected chi connectivity index (χ2v) is 10.0. The van der Waals surface area contributed by atoms with E-state index in [0.717, 1.165) is 38.5 Å². The van der Waals surface area contributed by atoms with Gasteiger partial charge in [0.05, 0.1) is 6.33 Å². The van der Waals surface area contributed by atoms with Crippen molar-refractivity contribution in [3.05, 3.63) is 12.5 Å². The first-order valence-corrected chi connectivity index (χ1v) is 10.6. The smallest absolute Gasteiger partial charge is 0.262 e. The normalized spacial score (nSPS) is 27.5. The molecule has 1 spiro atoms. The average molecular weight is 369 g/mol. The van der Waals surface area contributed by atoms with Crippen LogP contribution in [0, 0.1) is 11.8 Å². The first-order valence-electron chi connectivity index (χ1n) is 9.16. The average Bonchev–Trinajstić information content (AvgIpc) is 3.25. The SMILES string of the molecule is CN1CC[C@@H](COCC2CC2)CC12CN(S(=O)(=O)c1cn(C)cn1)C2. The van der Waals surface area contributed by atoms with Crippen molar-refractivity contribution in [3.8, 4) is 0 Å². The summed E-state index contributed by atoms with van der Waals surface area (Å²) < 4.78 is 34.5. The maximum atomic E-state index is 12.7. The molecule has 0 bridgehead atoms. The van der Waals surface area contributed by atoms with Crippen LogP contribution in [0.4, 0.5) is 0 Å². The van der Waals surface area contributed by atoms with E-state index in [-0.39, 0.29) is 10.6 Å². The largest absolute Gasteiger partial charge is 0.381 e. The number of nitrogens with zero attached hydrogens (tertiary/aromatic N) is 4. The van der Waals surface area contributed by atoms with Crippen LogP contribution < -0.4 is 0 Å². The lowest BCUT2D eigenvalue weighted by Gasteiger charge is -2.57. The fourth-order valence-corrected chi connectivity index (χ4v) is 5.61. The van der Waals surface area contributed by atoms with Crippen molar-refractivity contribution in [1.82, 2.24) is 18.8 Å². The van der Waals surface area contributed by atoms with Crippen molar-refractivity contribution in [1.29, 1.82) is 0 Å². The number of rotatable bonds is 6. The van der Waals surface area contributed by atoms with E-state index < -0.39 is 10.0 Å². The number of ether oxygens (including phenoxy) is 1. The summed E-state index contributed by atoms with van der Waals surface area (Å²) in [5.74, 6) is 1.33. The zero-order valence-electron chi connectivity index (χ0n) is 15.1. The Morgan fingerprint density at radius 2 is 1.92 bits per heavy atom. The molecule has 1 aromatic rings. The summed E-state index contributed by atoms with van der Waals surface area (Å²) in [7, 11) is 0.425. The number of sulfonamides is 1. The number of imidazole rings is 1. The summed E-state index contributed by atoms with van der Waals surface area (Å²) in [5, 5.41) is 0.146. The zero-order valence-corrected chi connectivity index (χ0v) is 15.9. The second kappa shape index (κ2) is 6.33. The number of piperidine rings is 1. The molecule has 3 fully saturated rings. The topological polar surface area (TPSA) is 67.7 Å². The summed E-state index contributed by atoms with van der Waals surface area (Å²) in [6, 6.07) is 0. The van der Waals surface area contributed by atoms with E-state index in [2.05, 4.69) is 16.9 Å². The van der Waals surface area contributed by atoms with Crippen LogP contribution in [0.25, 0.3) is 0 Å². The van der Waals surface area contributed by atoms with E-state index in [4.69, 9.17) is 4.74 Å². The highest BCUT2D eigenvalue weighted by Gasteiger charge is 2.53. The van der Waals surface area contributed by atoms with Gasteiger partial charge in [0.2, 0.25) is 0 Å². The van der Waals surface area contributed by atoms with E-state index in [1.807, 2.05) is 0 Å². The summed E-state index contributed by atoms with van der Waals surface area (Å²) >= 11 is 0. The third-order valence-electron chi connectivity index (χ3n) is 5.98. The van der Waals surface area contributed by atoms with E-state index >= 15 is 0 Å². The Hall–Kier alpha value is -0.960. The van der Waals surface area contributed by atoms with E-state index in [1.54, 1.807) is 22.1 Å². The second-order valence-electron chi connectivity index (χ2n) is 8.14. The third kappa shape index (κ3) is 3.37. The summed E-state index contributed by atoms with van der Waals surface area (Å²) in [4.78, 5) is 6.36. The van der Waals surface area contributed by atoms with Crippen LogP contribution in [-0.2, 0) is 21.8 Å². The van der Waals surface area contributed by atoms with Gasteiger partial charge in [-0.1, -0.05) is 0 Å². The van der Waals surface area contributed by atoms with E-state index in [9.17, 15) is 8.42 Å². The van der Waals surface area contributed by atoms with Crippen LogP contribution in [0.1, 0.15) is 25.7 Å². The minimum atomic E-state index is -3.47. The van der Waals surface area contributed by atoms with E-state index in [0.29, 0.717) is 19.0 Å². The Balaban J connectivity index is 1.37. The zero-order chi connectivity index (χ0) is 17.7. The third-order valence-corrected chi connectivity index (χ3v) is 7.66. The standard InChI is InChI=1S/C17H28N4O3S/c1-19-8-16(18-13-19)25(22,23)21-11-17(12-21)7-15(5-6-20(17)2)10-24-9-14-3-4-14/h8,13-15H,3-7,9-12H2,1-2H3/t15-/m1/s1. The molecule has 140 valence electrons. The molecule has 2 aliphatic heterocycles. The molecule has 1 aromatic heterocycles. The highest BCUT2D eigenvalue weighted by molar-refractivity contribution is 7.89. The van der Waals surface area contributed by atoms with Gasteiger partial charge in [-0.15, -0.1) is 0 Å². The van der Waals surface area contributed by atoms with Crippen molar-refractivity contribution in [3.63, 3.8) is 0 Å². The molecule has 3 heterocycles. The molecule has 0 aromatic carbocycles. The molecule has 4 rings (SSSR count). The number of likely N-dealkylation sites (N-methyl/N-ethyl adjacent to an activating group) is 1. The van der Waals surface area contributed by atoms with Gasteiger partial charge in [-0.3, -0.25) is 4.90 Å². The Kier molecular flexibility index (Phi) is 4.42. The molecule has 25 heavy (non-hydrogen) atoms. The lowest BCUT2D eigenvalue weighted by molar-refractivity contribution is -0.0592. The first-order chi connectivity index (χ1) is 11.9. The predicted molar refractivity (Wildman–Crippen MR) is 93.6 cm³/mol. The lowest BCUT2D eigenvalue weighted by Crippen LogP contribution is -2.72. The number of likely N-dealkylation sites (tertiary alicyclic amines) is 1. The van der Waals surface area contributed by atoms with Crippen molar-refractivity contribution in [2.45, 2.75) is 36.2 Å². The molecular weight excluding hydrogens is 340 g/mol. The van der Waals surface area contributed by atoms with Gasteiger partial charge in [-0.2, -0.15) is 4.31 Å². The molecule has 8 heteroatoms. The lowest BCUT2D eigenvalue weighted by atomic mass is 9.77. The van der Waals surface area contributed by atoms with Gasteiger partial charge in [0, 0.05) is 45.1 Å². The van der Waals surface area contributed by atoms with Gasteiger partial charge in [-0.05, 0) is 51.1 Å². The van der Waals surface area contributed by atoms with Crippen LogP contribution in [0.3, 0.4) is 0 Å². The van der Waals surface area contributed by atoms with Crippen LogP contribution >= 0.6 is 0 Å². The minimum Gasteiger partial charge on any atom is -0.381 e. The minimum absolute atomic E-state index is 0.0340.